The summed E-state index contributed by atoms with van der Waals surface area (Å²) < 4.78 is 95.3. The first-order valence-corrected chi connectivity index (χ1v) is 10.7. The van der Waals surface area contributed by atoms with Crippen LogP contribution in [0.1, 0.15) is 0 Å². The van der Waals surface area contributed by atoms with Crippen molar-refractivity contribution >= 4 is 44.5 Å². The van der Waals surface area contributed by atoms with Gasteiger partial charge >= 0.3 is 0 Å². The molecule has 1 heterocycles. The lowest BCUT2D eigenvalue weighted by Crippen LogP contribution is -2.20. The third kappa shape index (κ3) is 4.11. The van der Waals surface area contributed by atoms with Crippen molar-refractivity contribution in [2.45, 2.75) is 14.0 Å². The standard InChI is InChI=1S/C16H7F5N2O4S3/c17-11-12(18)14(20)16(15(21)13(11)19)30(26,27)22-8-6-7(23(24)25)3-4-9(8)29-10-2-1-5-28-10/h1-6,22H. The predicted molar refractivity (Wildman–Crippen MR) is 98.6 cm³/mol. The second-order valence-corrected chi connectivity index (χ2v) is 9.39. The highest BCUT2D eigenvalue weighted by molar-refractivity contribution is 8.01. The van der Waals surface area contributed by atoms with Crippen molar-refractivity contribution < 1.29 is 35.3 Å². The van der Waals surface area contributed by atoms with E-state index in [1.165, 1.54) is 17.4 Å². The van der Waals surface area contributed by atoms with Gasteiger partial charge in [-0.05, 0) is 17.5 Å². The van der Waals surface area contributed by atoms with Gasteiger partial charge in [0, 0.05) is 17.0 Å². The molecule has 0 saturated heterocycles. The molecule has 14 heteroatoms. The van der Waals surface area contributed by atoms with E-state index in [1.54, 1.807) is 22.2 Å². The van der Waals surface area contributed by atoms with Gasteiger partial charge in [-0.1, -0.05) is 17.8 Å². The lowest BCUT2D eigenvalue weighted by atomic mass is 10.3. The van der Waals surface area contributed by atoms with E-state index in [1.807, 2.05) is 0 Å². The Labute approximate surface area is 173 Å². The number of nitro benzene ring substituents is 1. The van der Waals surface area contributed by atoms with Crippen LogP contribution >= 0.6 is 23.1 Å². The summed E-state index contributed by atoms with van der Waals surface area (Å²) in [6, 6.07) is 6.33. The van der Waals surface area contributed by atoms with Crippen LogP contribution in [0.25, 0.3) is 0 Å². The maximum atomic E-state index is 14.0. The molecule has 3 rings (SSSR count). The number of rotatable bonds is 6. The number of nitrogens with zero attached hydrogens (tertiary/aromatic N) is 1. The first-order valence-electron chi connectivity index (χ1n) is 7.57. The fraction of sp³-hybridized carbons (Fsp3) is 0. The summed E-state index contributed by atoms with van der Waals surface area (Å²) in [6.45, 7) is 0. The minimum atomic E-state index is -5.36. The van der Waals surface area contributed by atoms with Gasteiger partial charge in [-0.2, -0.15) is 0 Å². The van der Waals surface area contributed by atoms with Crippen LogP contribution in [0.15, 0.2) is 49.7 Å². The van der Waals surface area contributed by atoms with Crippen LogP contribution in [0.5, 0.6) is 0 Å². The summed E-state index contributed by atoms with van der Waals surface area (Å²) in [7, 11) is -5.36. The normalized spacial score (nSPS) is 11.5. The van der Waals surface area contributed by atoms with Crippen LogP contribution in [0.4, 0.5) is 33.3 Å². The first-order chi connectivity index (χ1) is 14.0. The molecule has 6 nitrogen and oxygen atoms in total. The predicted octanol–water partition coefficient (Wildman–Crippen LogP) is 5.30. The van der Waals surface area contributed by atoms with Crippen LogP contribution in [0.3, 0.4) is 0 Å². The summed E-state index contributed by atoms with van der Waals surface area (Å²) in [4.78, 5) is 8.16. The van der Waals surface area contributed by atoms with Crippen molar-refractivity contribution in [3.8, 4) is 0 Å². The maximum Gasteiger partial charge on any atom is 0.271 e. The number of non-ortho nitro benzene ring substituents is 1. The highest BCUT2D eigenvalue weighted by atomic mass is 32.2. The maximum absolute atomic E-state index is 14.0. The average Bonchev–Trinajstić information content (AvgIpc) is 3.18. The Hall–Kier alpha value is -2.71. The topological polar surface area (TPSA) is 89.3 Å². The summed E-state index contributed by atoms with van der Waals surface area (Å²) in [5.41, 5.74) is -1.05. The molecule has 0 radical (unpaired) electrons. The molecule has 30 heavy (non-hydrogen) atoms. The zero-order valence-electron chi connectivity index (χ0n) is 14.2. The molecule has 0 aliphatic carbocycles. The quantitative estimate of drug-likeness (QED) is 0.169. The molecule has 0 atom stereocenters. The summed E-state index contributed by atoms with van der Waals surface area (Å²) in [5.74, 6) is -12.5. The van der Waals surface area contributed by atoms with E-state index in [9.17, 15) is 40.5 Å². The van der Waals surface area contributed by atoms with Crippen molar-refractivity contribution in [3.05, 3.63) is 74.9 Å². The molecule has 0 bridgehead atoms. The van der Waals surface area contributed by atoms with Crippen molar-refractivity contribution in [3.63, 3.8) is 0 Å². The van der Waals surface area contributed by atoms with Gasteiger partial charge in [0.15, 0.2) is 28.2 Å². The molecule has 2 aromatic carbocycles. The summed E-state index contributed by atoms with van der Waals surface area (Å²) in [6.07, 6.45) is 0. The Morgan fingerprint density at radius 3 is 2.10 bits per heavy atom. The molecule has 158 valence electrons. The fourth-order valence-electron chi connectivity index (χ4n) is 2.25. The highest BCUT2D eigenvalue weighted by Gasteiger charge is 2.34. The lowest BCUT2D eigenvalue weighted by molar-refractivity contribution is -0.384. The van der Waals surface area contributed by atoms with Gasteiger partial charge < -0.3 is 0 Å². The fourth-order valence-corrected chi connectivity index (χ4v) is 5.32. The third-order valence-electron chi connectivity index (χ3n) is 3.56. The van der Waals surface area contributed by atoms with Gasteiger partial charge in [-0.3, -0.25) is 14.8 Å². The molecule has 0 aliphatic heterocycles. The Bertz CT molecular complexity index is 1220. The monoisotopic (exact) mass is 482 g/mol. The van der Waals surface area contributed by atoms with Crippen molar-refractivity contribution in [1.82, 2.24) is 0 Å². The number of nitrogens with one attached hydrogen (secondary N) is 1. The number of sulfonamides is 1. The molecule has 0 saturated carbocycles. The van der Waals surface area contributed by atoms with Gasteiger partial charge in [0.05, 0.1) is 14.8 Å². The Morgan fingerprint density at radius 1 is 0.967 bits per heavy atom. The Kier molecular flexibility index (Phi) is 6.01. The van der Waals surface area contributed by atoms with Gasteiger partial charge in [0.25, 0.3) is 15.7 Å². The molecular formula is C16H7F5N2O4S3. The van der Waals surface area contributed by atoms with E-state index in [0.29, 0.717) is 4.21 Å². The van der Waals surface area contributed by atoms with E-state index in [4.69, 9.17) is 0 Å². The van der Waals surface area contributed by atoms with E-state index >= 15 is 0 Å². The summed E-state index contributed by atoms with van der Waals surface area (Å²) in [5, 5.41) is 12.7. The molecule has 3 aromatic rings. The van der Waals surface area contributed by atoms with Crippen LogP contribution in [0.2, 0.25) is 0 Å². The molecule has 0 amide bonds. The molecule has 0 aliphatic rings. The number of nitro groups is 1. The van der Waals surface area contributed by atoms with Crippen molar-refractivity contribution in [2.24, 2.45) is 0 Å². The average molecular weight is 482 g/mol. The molecular weight excluding hydrogens is 475 g/mol. The number of thiophene rings is 1. The van der Waals surface area contributed by atoms with E-state index in [2.05, 4.69) is 0 Å². The SMILES string of the molecule is O=[N+]([O-])c1ccc(Sc2cccs2)c(NS(=O)(=O)c2c(F)c(F)c(F)c(F)c2F)c1. The highest BCUT2D eigenvalue weighted by Crippen LogP contribution is 2.39. The smallest absolute Gasteiger partial charge is 0.271 e. The van der Waals surface area contributed by atoms with E-state index in [0.717, 1.165) is 23.9 Å². The van der Waals surface area contributed by atoms with Crippen LogP contribution in [0, 0.1) is 39.2 Å². The summed E-state index contributed by atoms with van der Waals surface area (Å²) >= 11 is 2.22. The van der Waals surface area contributed by atoms with Crippen molar-refractivity contribution in [2.75, 3.05) is 4.72 Å². The molecule has 1 N–H and O–H groups in total. The van der Waals surface area contributed by atoms with Crippen LogP contribution < -0.4 is 4.72 Å². The second-order valence-electron chi connectivity index (χ2n) is 5.48. The van der Waals surface area contributed by atoms with Crippen LogP contribution in [-0.2, 0) is 10.0 Å². The first kappa shape index (κ1) is 22.0. The van der Waals surface area contributed by atoms with Crippen LogP contribution in [-0.4, -0.2) is 13.3 Å². The Balaban J connectivity index is 2.13. The minimum Gasteiger partial charge on any atom is -0.278 e. The lowest BCUT2D eigenvalue weighted by Gasteiger charge is -2.14. The number of halogens is 5. The van der Waals surface area contributed by atoms with Crippen molar-refractivity contribution in [1.29, 1.82) is 0 Å². The van der Waals surface area contributed by atoms with Gasteiger partial charge in [-0.15, -0.1) is 11.3 Å². The number of benzene rings is 2. The molecule has 0 fully saturated rings. The zero-order valence-corrected chi connectivity index (χ0v) is 16.6. The van der Waals surface area contributed by atoms with E-state index < -0.39 is 60.3 Å². The number of anilines is 1. The van der Waals surface area contributed by atoms with Gasteiger partial charge in [-0.25, -0.2) is 30.4 Å². The zero-order chi connectivity index (χ0) is 22.2. The van der Waals surface area contributed by atoms with Gasteiger partial charge in [0.2, 0.25) is 5.82 Å². The second kappa shape index (κ2) is 8.20. The largest absolute Gasteiger partial charge is 0.278 e. The van der Waals surface area contributed by atoms with E-state index in [-0.39, 0.29) is 4.90 Å². The molecule has 0 unspecified atom stereocenters. The van der Waals surface area contributed by atoms with Gasteiger partial charge in [0.1, 0.15) is 0 Å². The Morgan fingerprint density at radius 2 is 1.57 bits per heavy atom. The number of hydrogen-bond donors (Lipinski definition) is 1. The minimum absolute atomic E-state index is 0.0931. The number of hydrogen-bond acceptors (Lipinski definition) is 6. The third-order valence-corrected chi connectivity index (χ3v) is 7.06. The molecule has 0 spiro atoms. The molecule has 1 aromatic heterocycles.